The predicted octanol–water partition coefficient (Wildman–Crippen LogP) is 0.203. The summed E-state index contributed by atoms with van der Waals surface area (Å²) in [5.41, 5.74) is 0. The molecule has 7 nitrogen and oxygen atoms in total. The van der Waals surface area contributed by atoms with Gasteiger partial charge in [0, 0.05) is 16.1 Å². The van der Waals surface area contributed by atoms with Crippen LogP contribution in [-0.2, 0) is 28.9 Å². The van der Waals surface area contributed by atoms with Gasteiger partial charge in [0.05, 0.1) is 21.6 Å². The van der Waals surface area contributed by atoms with Gasteiger partial charge in [0.15, 0.2) is 9.84 Å². The maximum atomic E-state index is 12.1. The molecule has 116 valence electrons. The van der Waals surface area contributed by atoms with Crippen molar-refractivity contribution in [3.8, 4) is 0 Å². The molecule has 0 spiro atoms. The molecular formula is C10H10ClNO6S3. The van der Waals surface area contributed by atoms with Crippen LogP contribution in [0.2, 0.25) is 0 Å². The number of nitrogens with one attached hydrogen (secondary N) is 1. The zero-order chi connectivity index (χ0) is 15.9. The highest BCUT2D eigenvalue weighted by molar-refractivity contribution is 8.13. The van der Waals surface area contributed by atoms with Crippen LogP contribution >= 0.6 is 10.7 Å². The van der Waals surface area contributed by atoms with Crippen molar-refractivity contribution in [1.82, 2.24) is 4.72 Å². The van der Waals surface area contributed by atoms with E-state index in [0.29, 0.717) is 0 Å². The molecule has 0 bridgehead atoms. The van der Waals surface area contributed by atoms with Gasteiger partial charge in [-0.15, -0.1) is 0 Å². The van der Waals surface area contributed by atoms with E-state index in [4.69, 9.17) is 10.7 Å². The molecule has 0 fully saturated rings. The van der Waals surface area contributed by atoms with Crippen LogP contribution in [-0.4, -0.2) is 37.0 Å². The monoisotopic (exact) mass is 371 g/mol. The summed E-state index contributed by atoms with van der Waals surface area (Å²) >= 11 is 0. The first-order valence-corrected chi connectivity index (χ1v) is 11.0. The summed E-state index contributed by atoms with van der Waals surface area (Å²) in [4.78, 5) is -0.677. The number of hydrogen-bond donors (Lipinski definition) is 1. The van der Waals surface area contributed by atoms with Crippen LogP contribution in [0, 0.1) is 0 Å². The van der Waals surface area contributed by atoms with Crippen LogP contribution in [0.5, 0.6) is 0 Å². The van der Waals surface area contributed by atoms with Crippen LogP contribution in [0.4, 0.5) is 0 Å². The summed E-state index contributed by atoms with van der Waals surface area (Å²) in [6.45, 7) is 0. The average molecular weight is 372 g/mol. The van der Waals surface area contributed by atoms with Crippen molar-refractivity contribution in [2.24, 2.45) is 0 Å². The number of rotatable bonds is 4. The van der Waals surface area contributed by atoms with Crippen molar-refractivity contribution in [2.45, 2.75) is 15.8 Å². The summed E-state index contributed by atoms with van der Waals surface area (Å²) < 4.78 is 71.2. The van der Waals surface area contributed by atoms with Gasteiger partial charge < -0.3 is 0 Å². The smallest absolute Gasteiger partial charge is 0.224 e. The molecule has 21 heavy (non-hydrogen) atoms. The maximum Gasteiger partial charge on any atom is 0.261 e. The molecule has 1 aliphatic heterocycles. The van der Waals surface area contributed by atoms with E-state index in [1.54, 1.807) is 0 Å². The quantitative estimate of drug-likeness (QED) is 0.756. The first-order valence-electron chi connectivity index (χ1n) is 5.48. The summed E-state index contributed by atoms with van der Waals surface area (Å²) in [6, 6.07) is 3.57. The molecule has 2 rings (SSSR count). The molecule has 1 aromatic rings. The maximum absolute atomic E-state index is 12.1. The second-order valence-electron chi connectivity index (χ2n) is 4.30. The lowest BCUT2D eigenvalue weighted by Gasteiger charge is -2.11. The molecule has 0 saturated carbocycles. The van der Waals surface area contributed by atoms with Gasteiger partial charge in [-0.25, -0.2) is 30.0 Å². The Morgan fingerprint density at radius 1 is 1.14 bits per heavy atom. The van der Waals surface area contributed by atoms with E-state index in [9.17, 15) is 25.3 Å². The van der Waals surface area contributed by atoms with Crippen LogP contribution < -0.4 is 4.72 Å². The molecule has 1 unspecified atom stereocenters. The molecule has 1 N–H and O–H groups in total. The average Bonchev–Trinajstić information content (AvgIpc) is 2.67. The molecule has 11 heteroatoms. The fraction of sp³-hybridized carbons (Fsp3) is 0.200. The van der Waals surface area contributed by atoms with E-state index in [2.05, 4.69) is 4.72 Å². The third-order valence-electron chi connectivity index (χ3n) is 2.63. The van der Waals surface area contributed by atoms with Crippen LogP contribution in [0.25, 0.3) is 0 Å². The Bertz CT molecular complexity index is 902. The molecule has 0 saturated heterocycles. The third kappa shape index (κ3) is 4.04. The lowest BCUT2D eigenvalue weighted by atomic mass is 10.4. The van der Waals surface area contributed by atoms with Gasteiger partial charge >= 0.3 is 0 Å². The molecule has 1 heterocycles. The molecule has 0 aliphatic carbocycles. The molecule has 0 aromatic heterocycles. The van der Waals surface area contributed by atoms with Crippen LogP contribution in [0.15, 0.2) is 45.5 Å². The third-order valence-corrected chi connectivity index (χ3v) is 6.87. The van der Waals surface area contributed by atoms with E-state index in [0.717, 1.165) is 17.5 Å². The Labute approximate surface area is 127 Å². The second kappa shape index (κ2) is 5.36. The Balaban J connectivity index is 2.31. The number of hydrogen-bond acceptors (Lipinski definition) is 6. The van der Waals surface area contributed by atoms with Crippen molar-refractivity contribution >= 4 is 39.6 Å². The van der Waals surface area contributed by atoms with E-state index in [1.165, 1.54) is 18.2 Å². The minimum absolute atomic E-state index is 0.318. The fourth-order valence-corrected chi connectivity index (χ4v) is 5.16. The Kier molecular flexibility index (Phi) is 4.19. The Morgan fingerprint density at radius 3 is 2.29 bits per heavy atom. The largest absolute Gasteiger partial charge is 0.261 e. The molecule has 0 amide bonds. The molecule has 1 atom stereocenters. The van der Waals surface area contributed by atoms with Crippen molar-refractivity contribution in [2.75, 3.05) is 5.75 Å². The SMILES string of the molecule is O=S1(=O)C=CC(NS(=O)(=O)c2cccc(S(=O)(=O)Cl)c2)C1. The van der Waals surface area contributed by atoms with Crippen molar-refractivity contribution in [3.63, 3.8) is 0 Å². The van der Waals surface area contributed by atoms with Gasteiger partial charge in [-0.05, 0) is 18.2 Å². The van der Waals surface area contributed by atoms with Crippen molar-refractivity contribution < 1.29 is 25.3 Å². The zero-order valence-corrected chi connectivity index (χ0v) is 13.5. The first kappa shape index (κ1) is 16.4. The van der Waals surface area contributed by atoms with Crippen molar-refractivity contribution in [1.29, 1.82) is 0 Å². The lowest BCUT2D eigenvalue weighted by molar-refractivity contribution is 0.574. The van der Waals surface area contributed by atoms with Crippen LogP contribution in [0.1, 0.15) is 0 Å². The van der Waals surface area contributed by atoms with Gasteiger partial charge in [0.1, 0.15) is 0 Å². The molecule has 1 aromatic carbocycles. The molecule has 0 radical (unpaired) electrons. The second-order valence-corrected chi connectivity index (χ2v) is 10.5. The Hall–Kier alpha value is -0.940. The molecule has 1 aliphatic rings. The fourth-order valence-electron chi connectivity index (χ4n) is 1.71. The predicted molar refractivity (Wildman–Crippen MR) is 76.5 cm³/mol. The topological polar surface area (TPSA) is 114 Å². The van der Waals surface area contributed by atoms with E-state index in [-0.39, 0.29) is 15.5 Å². The number of sulfonamides is 1. The van der Waals surface area contributed by atoms with E-state index < -0.39 is 35.0 Å². The number of benzene rings is 1. The van der Waals surface area contributed by atoms with Gasteiger partial charge in [-0.1, -0.05) is 12.1 Å². The van der Waals surface area contributed by atoms with E-state index >= 15 is 0 Å². The van der Waals surface area contributed by atoms with Crippen molar-refractivity contribution in [3.05, 3.63) is 35.7 Å². The Morgan fingerprint density at radius 2 is 1.76 bits per heavy atom. The highest BCUT2D eigenvalue weighted by atomic mass is 35.7. The minimum Gasteiger partial charge on any atom is -0.224 e. The normalized spacial score (nSPS) is 21.5. The summed E-state index contributed by atoms with van der Waals surface area (Å²) in [7, 11) is -6.38. The number of halogens is 1. The lowest BCUT2D eigenvalue weighted by Crippen LogP contribution is -2.35. The first-order chi connectivity index (χ1) is 9.50. The van der Waals surface area contributed by atoms with Gasteiger partial charge in [0.25, 0.3) is 9.05 Å². The highest BCUT2D eigenvalue weighted by Gasteiger charge is 2.27. The molecular weight excluding hydrogens is 362 g/mol. The standard InChI is InChI=1S/C10H10ClNO6S3/c11-20(15,16)9-2-1-3-10(6-9)21(17,18)12-8-4-5-19(13,14)7-8/h1-6,8,12H,7H2. The van der Waals surface area contributed by atoms with Gasteiger partial charge in [-0.3, -0.25) is 0 Å². The van der Waals surface area contributed by atoms with Gasteiger partial charge in [-0.2, -0.15) is 0 Å². The summed E-state index contributed by atoms with van der Waals surface area (Å²) in [6.07, 6.45) is 1.22. The van der Waals surface area contributed by atoms with Gasteiger partial charge in [0.2, 0.25) is 10.0 Å². The van der Waals surface area contributed by atoms with E-state index in [1.807, 2.05) is 0 Å². The summed E-state index contributed by atoms with van der Waals surface area (Å²) in [5, 5.41) is 0.930. The highest BCUT2D eigenvalue weighted by Crippen LogP contribution is 2.20. The zero-order valence-electron chi connectivity index (χ0n) is 10.3. The minimum atomic E-state index is -4.07. The van der Waals surface area contributed by atoms with Crippen LogP contribution in [0.3, 0.4) is 0 Å². The summed E-state index contributed by atoms with van der Waals surface area (Å²) in [5.74, 6) is -0.375. The number of sulfone groups is 1.